The molecule has 1 aliphatic carbocycles. The van der Waals surface area contributed by atoms with Crippen molar-refractivity contribution in [1.29, 1.82) is 0 Å². The zero-order chi connectivity index (χ0) is 9.90. The molecule has 0 amide bonds. The first kappa shape index (κ1) is 14.7. The van der Waals surface area contributed by atoms with Crippen LogP contribution >= 0.6 is 0 Å². The Labute approximate surface area is 118 Å². The van der Waals surface area contributed by atoms with Crippen molar-refractivity contribution in [2.45, 2.75) is 51.0 Å². The Hall–Kier alpha value is 0.690. The van der Waals surface area contributed by atoms with Crippen molar-refractivity contribution >= 4 is 43.7 Å². The standard InChI is InChI=1S/C10H18O3.Ca.2H/c1-2-8(9(11)12)10(13)6-4-3-5-7-10;;;/h8,13H,2-7H2,1H3,(H,11,12);;;/q;+2;2*-1. The molecule has 2 N–H and O–H groups in total. The normalized spacial score (nSPS) is 22.1. The topological polar surface area (TPSA) is 57.5 Å². The second kappa shape index (κ2) is 6.31. The molecule has 0 aromatic carbocycles. The van der Waals surface area contributed by atoms with Crippen LogP contribution in [0.1, 0.15) is 48.3 Å². The molecule has 0 aliphatic heterocycles. The second-order valence-electron chi connectivity index (χ2n) is 3.96. The van der Waals surface area contributed by atoms with Crippen LogP contribution in [0.15, 0.2) is 0 Å². The second-order valence-corrected chi connectivity index (χ2v) is 3.96. The maximum absolute atomic E-state index is 10.9. The van der Waals surface area contributed by atoms with E-state index in [-0.39, 0.29) is 40.6 Å². The predicted octanol–water partition coefficient (Wildman–Crippen LogP) is 1.64. The van der Waals surface area contributed by atoms with Gasteiger partial charge in [0.05, 0.1) is 11.5 Å². The smallest absolute Gasteiger partial charge is 1.00 e. The summed E-state index contributed by atoms with van der Waals surface area (Å²) in [5, 5.41) is 19.1. The molecule has 3 nitrogen and oxygen atoms in total. The molecule has 0 radical (unpaired) electrons. The van der Waals surface area contributed by atoms with Crippen LogP contribution in [-0.4, -0.2) is 59.5 Å². The fraction of sp³-hybridized carbons (Fsp3) is 0.900. The summed E-state index contributed by atoms with van der Waals surface area (Å²) in [4.78, 5) is 10.9. The van der Waals surface area contributed by atoms with Crippen LogP contribution in [0, 0.1) is 5.92 Å². The van der Waals surface area contributed by atoms with Crippen molar-refractivity contribution in [3.05, 3.63) is 0 Å². The van der Waals surface area contributed by atoms with Crippen LogP contribution in [-0.2, 0) is 4.79 Å². The minimum atomic E-state index is -0.932. The number of rotatable bonds is 3. The zero-order valence-corrected chi connectivity index (χ0v) is 11.0. The van der Waals surface area contributed by atoms with E-state index in [9.17, 15) is 9.90 Å². The first-order valence-corrected chi connectivity index (χ1v) is 5.05. The first-order valence-electron chi connectivity index (χ1n) is 5.05. The van der Waals surface area contributed by atoms with E-state index in [1.165, 1.54) is 0 Å². The fourth-order valence-electron chi connectivity index (χ4n) is 2.30. The van der Waals surface area contributed by atoms with E-state index in [1.54, 1.807) is 0 Å². The molecular weight excluding hydrogens is 208 g/mol. The van der Waals surface area contributed by atoms with E-state index in [0.717, 1.165) is 19.3 Å². The average Bonchev–Trinajstić information content (AvgIpc) is 2.05. The van der Waals surface area contributed by atoms with Gasteiger partial charge in [0, 0.05) is 0 Å². The van der Waals surface area contributed by atoms with Crippen LogP contribution in [0.5, 0.6) is 0 Å². The Kier molecular flexibility index (Phi) is 6.62. The van der Waals surface area contributed by atoms with Crippen LogP contribution < -0.4 is 0 Å². The van der Waals surface area contributed by atoms with Crippen LogP contribution in [0.25, 0.3) is 0 Å². The Morgan fingerprint density at radius 1 is 1.43 bits per heavy atom. The molecule has 0 aromatic rings. The molecule has 1 atom stereocenters. The van der Waals surface area contributed by atoms with E-state index in [2.05, 4.69) is 0 Å². The summed E-state index contributed by atoms with van der Waals surface area (Å²) < 4.78 is 0. The van der Waals surface area contributed by atoms with Gasteiger partial charge in [-0.3, -0.25) is 4.79 Å². The molecule has 0 heterocycles. The molecule has 1 saturated carbocycles. The molecule has 1 fully saturated rings. The van der Waals surface area contributed by atoms with Gasteiger partial charge in [-0.2, -0.15) is 0 Å². The van der Waals surface area contributed by atoms with Gasteiger partial charge in [0.2, 0.25) is 0 Å². The van der Waals surface area contributed by atoms with Crippen molar-refractivity contribution in [2.24, 2.45) is 5.92 Å². The monoisotopic (exact) mass is 228 g/mol. The van der Waals surface area contributed by atoms with Crippen LogP contribution in [0.2, 0.25) is 0 Å². The summed E-state index contributed by atoms with van der Waals surface area (Å²) in [6.45, 7) is 1.82. The largest absolute Gasteiger partial charge is 2.00 e. The van der Waals surface area contributed by atoms with E-state index >= 15 is 0 Å². The van der Waals surface area contributed by atoms with Gasteiger partial charge >= 0.3 is 43.7 Å². The van der Waals surface area contributed by atoms with Crippen molar-refractivity contribution < 1.29 is 17.9 Å². The maximum atomic E-state index is 10.9. The molecule has 0 bridgehead atoms. The van der Waals surface area contributed by atoms with Gasteiger partial charge in [-0.05, 0) is 19.3 Å². The van der Waals surface area contributed by atoms with Crippen molar-refractivity contribution in [2.75, 3.05) is 0 Å². The number of hydrogen-bond acceptors (Lipinski definition) is 2. The summed E-state index contributed by atoms with van der Waals surface area (Å²) >= 11 is 0. The van der Waals surface area contributed by atoms with E-state index < -0.39 is 17.5 Å². The SMILES string of the molecule is CCC(C(=O)O)C1(O)CCCCC1.[Ca+2].[H-].[H-]. The third kappa shape index (κ3) is 3.37. The number of aliphatic hydroxyl groups is 1. The molecule has 0 spiro atoms. The van der Waals surface area contributed by atoms with Gasteiger partial charge in [-0.25, -0.2) is 0 Å². The van der Waals surface area contributed by atoms with Gasteiger partial charge in [0.15, 0.2) is 0 Å². The molecule has 0 aromatic heterocycles. The molecule has 1 aliphatic rings. The molecule has 1 rings (SSSR count). The predicted molar refractivity (Wildman–Crippen MR) is 57.4 cm³/mol. The number of carbonyl (C=O) groups is 1. The Balaban J connectivity index is -0.000000563. The minimum absolute atomic E-state index is 0. The van der Waals surface area contributed by atoms with Gasteiger partial charge in [-0.15, -0.1) is 0 Å². The van der Waals surface area contributed by atoms with Gasteiger partial charge in [0.1, 0.15) is 0 Å². The minimum Gasteiger partial charge on any atom is -1.00 e. The summed E-state index contributed by atoms with van der Waals surface area (Å²) in [6, 6.07) is 0. The summed E-state index contributed by atoms with van der Waals surface area (Å²) in [5.74, 6) is -1.43. The average molecular weight is 228 g/mol. The third-order valence-corrected chi connectivity index (χ3v) is 3.07. The molecule has 14 heavy (non-hydrogen) atoms. The number of hydrogen-bond donors (Lipinski definition) is 2. The maximum Gasteiger partial charge on any atom is 2.00 e. The Morgan fingerprint density at radius 3 is 2.29 bits per heavy atom. The first-order chi connectivity index (χ1) is 6.10. The number of aliphatic carboxylic acids is 1. The summed E-state index contributed by atoms with van der Waals surface area (Å²) in [6.07, 6.45) is 4.86. The Morgan fingerprint density at radius 2 is 1.93 bits per heavy atom. The summed E-state index contributed by atoms with van der Waals surface area (Å²) in [5.41, 5.74) is -0.932. The van der Waals surface area contributed by atoms with Crippen molar-refractivity contribution in [3.63, 3.8) is 0 Å². The third-order valence-electron chi connectivity index (χ3n) is 3.07. The van der Waals surface area contributed by atoms with E-state index in [0.29, 0.717) is 19.3 Å². The van der Waals surface area contributed by atoms with Crippen molar-refractivity contribution in [3.8, 4) is 0 Å². The molecule has 80 valence electrons. The van der Waals surface area contributed by atoms with Crippen LogP contribution in [0.4, 0.5) is 0 Å². The molecule has 4 heteroatoms. The molecular formula is C10H20CaO3. The quantitative estimate of drug-likeness (QED) is 0.722. The molecule has 0 saturated heterocycles. The van der Waals surface area contributed by atoms with Crippen molar-refractivity contribution in [1.82, 2.24) is 0 Å². The van der Waals surface area contributed by atoms with E-state index in [4.69, 9.17) is 5.11 Å². The number of carboxylic acid groups (broad SMARTS) is 1. The van der Waals surface area contributed by atoms with Gasteiger partial charge in [0.25, 0.3) is 0 Å². The summed E-state index contributed by atoms with van der Waals surface area (Å²) in [7, 11) is 0. The molecule has 1 unspecified atom stereocenters. The van der Waals surface area contributed by atoms with E-state index in [1.807, 2.05) is 6.92 Å². The Bertz CT molecular complexity index is 197. The zero-order valence-electron chi connectivity index (χ0n) is 10.8. The number of carboxylic acids is 1. The fourth-order valence-corrected chi connectivity index (χ4v) is 2.30. The van der Waals surface area contributed by atoms with Gasteiger partial charge in [-0.1, -0.05) is 26.2 Å². The van der Waals surface area contributed by atoms with Gasteiger partial charge < -0.3 is 13.1 Å². The van der Waals surface area contributed by atoms with Crippen LogP contribution in [0.3, 0.4) is 0 Å².